The third-order valence-corrected chi connectivity index (χ3v) is 4.26. The topological polar surface area (TPSA) is 78.9 Å². The van der Waals surface area contributed by atoms with E-state index in [-0.39, 0.29) is 12.6 Å². The number of nitrogens with zero attached hydrogens (tertiary/aromatic N) is 1. The summed E-state index contributed by atoms with van der Waals surface area (Å²) in [6.07, 6.45) is 0.464. The second-order valence-corrected chi connectivity index (χ2v) is 6.10. The number of carbonyl (C=O) groups excluding carboxylic acids is 1. The van der Waals surface area contributed by atoms with Crippen LogP contribution in [-0.4, -0.2) is 42.2 Å². The predicted octanol–water partition coefficient (Wildman–Crippen LogP) is 2.64. The van der Waals surface area contributed by atoms with E-state index in [9.17, 15) is 14.7 Å². The van der Waals surface area contributed by atoms with E-state index in [1.807, 2.05) is 19.9 Å². The second kappa shape index (κ2) is 5.87. The Morgan fingerprint density at radius 2 is 2.00 bits per heavy atom. The van der Waals surface area contributed by atoms with Gasteiger partial charge >= 0.3 is 12.0 Å². The molecule has 1 saturated heterocycles. The maximum Gasteiger partial charge on any atom is 0.321 e. The summed E-state index contributed by atoms with van der Waals surface area (Å²) >= 11 is 0. The van der Waals surface area contributed by atoms with Crippen LogP contribution >= 0.6 is 0 Å². The molecule has 0 bridgehead atoms. The van der Waals surface area contributed by atoms with Crippen molar-refractivity contribution < 1.29 is 19.4 Å². The van der Waals surface area contributed by atoms with Crippen molar-refractivity contribution in [3.63, 3.8) is 0 Å². The minimum atomic E-state index is -0.865. The molecule has 1 aliphatic rings. The van der Waals surface area contributed by atoms with E-state index >= 15 is 0 Å². The maximum absolute atomic E-state index is 12.3. The second-order valence-electron chi connectivity index (χ2n) is 6.10. The minimum absolute atomic E-state index is 0.218. The minimum Gasteiger partial charge on any atom is -0.496 e. The van der Waals surface area contributed by atoms with Crippen LogP contribution in [0.15, 0.2) is 12.1 Å². The number of urea groups is 1. The normalized spacial score (nSPS) is 20.8. The molecule has 6 nitrogen and oxygen atoms in total. The van der Waals surface area contributed by atoms with Gasteiger partial charge in [0.15, 0.2) is 0 Å². The number of carbonyl (C=O) groups is 2. The number of aryl methyl sites for hydroxylation is 2. The highest BCUT2D eigenvalue weighted by atomic mass is 16.5. The van der Waals surface area contributed by atoms with Gasteiger partial charge in [-0.2, -0.15) is 0 Å². The molecule has 2 N–H and O–H groups in total. The van der Waals surface area contributed by atoms with Gasteiger partial charge in [0.1, 0.15) is 5.75 Å². The summed E-state index contributed by atoms with van der Waals surface area (Å²) < 4.78 is 5.27. The Morgan fingerprint density at radius 1 is 1.32 bits per heavy atom. The standard InChI is InChI=1S/C16H22N2O4/c1-10-7-11(2)13(22-4)8-12(10)17-15(21)18-6-5-16(3,9-18)14(19)20/h7-8H,5-6,9H2,1-4H3,(H,17,21)(H,19,20). The number of amides is 2. The van der Waals surface area contributed by atoms with E-state index in [1.54, 1.807) is 25.0 Å². The molecule has 22 heavy (non-hydrogen) atoms. The highest BCUT2D eigenvalue weighted by Crippen LogP contribution is 2.31. The molecular formula is C16H22N2O4. The van der Waals surface area contributed by atoms with Gasteiger partial charge in [-0.25, -0.2) is 4.79 Å². The van der Waals surface area contributed by atoms with Crippen LogP contribution in [0.5, 0.6) is 5.75 Å². The smallest absolute Gasteiger partial charge is 0.321 e. The van der Waals surface area contributed by atoms with Crippen molar-refractivity contribution in [2.45, 2.75) is 27.2 Å². The van der Waals surface area contributed by atoms with Gasteiger partial charge in [0.2, 0.25) is 0 Å². The van der Waals surface area contributed by atoms with Crippen LogP contribution in [-0.2, 0) is 4.79 Å². The predicted molar refractivity (Wildman–Crippen MR) is 83.4 cm³/mol. The molecule has 120 valence electrons. The van der Waals surface area contributed by atoms with Crippen molar-refractivity contribution >= 4 is 17.7 Å². The first-order valence-electron chi connectivity index (χ1n) is 7.21. The summed E-state index contributed by atoms with van der Waals surface area (Å²) in [5.41, 5.74) is 1.75. The van der Waals surface area contributed by atoms with Crippen molar-refractivity contribution in [3.8, 4) is 5.75 Å². The van der Waals surface area contributed by atoms with Crippen LogP contribution in [0.1, 0.15) is 24.5 Å². The Balaban J connectivity index is 2.12. The largest absolute Gasteiger partial charge is 0.496 e. The summed E-state index contributed by atoms with van der Waals surface area (Å²) in [5, 5.41) is 12.1. The molecule has 1 aliphatic heterocycles. The van der Waals surface area contributed by atoms with Gasteiger partial charge < -0.3 is 20.1 Å². The zero-order valence-electron chi connectivity index (χ0n) is 13.4. The van der Waals surface area contributed by atoms with Gasteiger partial charge in [0.25, 0.3) is 0 Å². The molecule has 2 rings (SSSR count). The average Bonchev–Trinajstić information content (AvgIpc) is 2.86. The molecule has 0 radical (unpaired) electrons. The number of nitrogens with one attached hydrogen (secondary N) is 1. The molecule has 1 unspecified atom stereocenters. The lowest BCUT2D eigenvalue weighted by atomic mass is 9.90. The lowest BCUT2D eigenvalue weighted by Gasteiger charge is -2.21. The Bertz CT molecular complexity index is 614. The quantitative estimate of drug-likeness (QED) is 0.900. The number of rotatable bonds is 3. The zero-order valence-corrected chi connectivity index (χ0v) is 13.4. The molecule has 1 aromatic carbocycles. The average molecular weight is 306 g/mol. The van der Waals surface area contributed by atoms with E-state index in [0.29, 0.717) is 24.4 Å². The highest BCUT2D eigenvalue weighted by molar-refractivity contribution is 5.91. The molecule has 6 heteroatoms. The molecule has 0 saturated carbocycles. The number of ether oxygens (including phenoxy) is 1. The zero-order chi connectivity index (χ0) is 16.5. The van der Waals surface area contributed by atoms with E-state index in [1.165, 1.54) is 0 Å². The number of aliphatic carboxylic acids is 1. The van der Waals surface area contributed by atoms with Crippen LogP contribution in [0.3, 0.4) is 0 Å². The van der Waals surface area contributed by atoms with E-state index in [2.05, 4.69) is 5.32 Å². The van der Waals surface area contributed by atoms with E-state index in [4.69, 9.17) is 4.74 Å². The van der Waals surface area contributed by atoms with Crippen LogP contribution in [0.2, 0.25) is 0 Å². The van der Waals surface area contributed by atoms with Crippen LogP contribution < -0.4 is 10.1 Å². The van der Waals surface area contributed by atoms with E-state index < -0.39 is 11.4 Å². The molecule has 0 aliphatic carbocycles. The SMILES string of the molecule is COc1cc(NC(=O)N2CCC(C)(C(=O)O)C2)c(C)cc1C. The van der Waals surface area contributed by atoms with Gasteiger partial charge in [-0.05, 0) is 38.3 Å². The van der Waals surface area contributed by atoms with Gasteiger partial charge in [0.05, 0.1) is 12.5 Å². The molecule has 1 fully saturated rings. The Labute approximate surface area is 130 Å². The molecule has 1 aromatic rings. The first-order chi connectivity index (χ1) is 10.3. The lowest BCUT2D eigenvalue weighted by Crippen LogP contribution is -2.37. The summed E-state index contributed by atoms with van der Waals surface area (Å²) in [6, 6.07) is 3.45. The number of benzene rings is 1. The highest BCUT2D eigenvalue weighted by Gasteiger charge is 2.42. The number of carboxylic acid groups (broad SMARTS) is 1. The fourth-order valence-corrected chi connectivity index (χ4v) is 2.69. The van der Waals surface area contributed by atoms with Gasteiger partial charge in [-0.1, -0.05) is 6.07 Å². The van der Waals surface area contributed by atoms with Crippen LogP contribution in [0.4, 0.5) is 10.5 Å². The Hall–Kier alpha value is -2.24. The van der Waals surface area contributed by atoms with Crippen molar-refractivity contribution in [1.82, 2.24) is 4.90 Å². The van der Waals surface area contributed by atoms with Gasteiger partial charge in [-0.15, -0.1) is 0 Å². The number of hydrogen-bond donors (Lipinski definition) is 2. The molecule has 0 aromatic heterocycles. The number of carboxylic acids is 1. The summed E-state index contributed by atoms with van der Waals surface area (Å²) in [7, 11) is 1.59. The van der Waals surface area contributed by atoms with Crippen LogP contribution in [0, 0.1) is 19.3 Å². The number of likely N-dealkylation sites (tertiary alicyclic amines) is 1. The van der Waals surface area contributed by atoms with Crippen LogP contribution in [0.25, 0.3) is 0 Å². The van der Waals surface area contributed by atoms with Crippen molar-refractivity contribution in [2.75, 3.05) is 25.5 Å². The number of hydrogen-bond acceptors (Lipinski definition) is 3. The van der Waals surface area contributed by atoms with Gasteiger partial charge in [-0.3, -0.25) is 4.79 Å². The fraction of sp³-hybridized carbons (Fsp3) is 0.500. The molecule has 2 amide bonds. The Morgan fingerprint density at radius 3 is 2.55 bits per heavy atom. The fourth-order valence-electron chi connectivity index (χ4n) is 2.69. The third kappa shape index (κ3) is 3.00. The molecule has 1 atom stereocenters. The number of anilines is 1. The lowest BCUT2D eigenvalue weighted by molar-refractivity contribution is -0.146. The first kappa shape index (κ1) is 16.1. The summed E-state index contributed by atoms with van der Waals surface area (Å²) in [6.45, 7) is 6.18. The Kier molecular flexibility index (Phi) is 4.30. The first-order valence-corrected chi connectivity index (χ1v) is 7.21. The van der Waals surface area contributed by atoms with Crippen molar-refractivity contribution in [1.29, 1.82) is 0 Å². The van der Waals surface area contributed by atoms with Crippen molar-refractivity contribution in [3.05, 3.63) is 23.3 Å². The number of methoxy groups -OCH3 is 1. The maximum atomic E-state index is 12.3. The summed E-state index contributed by atoms with van der Waals surface area (Å²) in [4.78, 5) is 25.1. The van der Waals surface area contributed by atoms with Crippen molar-refractivity contribution in [2.24, 2.45) is 5.41 Å². The molecule has 0 spiro atoms. The van der Waals surface area contributed by atoms with E-state index in [0.717, 1.165) is 11.1 Å². The summed E-state index contributed by atoms with van der Waals surface area (Å²) in [5.74, 6) is -0.159. The molecular weight excluding hydrogens is 284 g/mol. The van der Waals surface area contributed by atoms with Gasteiger partial charge in [0, 0.05) is 24.8 Å². The monoisotopic (exact) mass is 306 g/mol. The third-order valence-electron chi connectivity index (χ3n) is 4.26. The molecule has 1 heterocycles.